The molecule has 0 aliphatic rings. The molecule has 0 spiro atoms. The van der Waals surface area contributed by atoms with Gasteiger partial charge in [-0.25, -0.2) is 4.39 Å². The molecule has 0 unspecified atom stereocenters. The summed E-state index contributed by atoms with van der Waals surface area (Å²) in [6.07, 6.45) is 1.98. The molecule has 0 aromatic carbocycles. The van der Waals surface area contributed by atoms with Crippen LogP contribution in [-0.4, -0.2) is 21.1 Å². The average molecular weight is 324 g/mol. The summed E-state index contributed by atoms with van der Waals surface area (Å²) in [6, 6.07) is 3.59. The number of furan rings is 1. The van der Waals surface area contributed by atoms with Crippen LogP contribution >= 0.6 is 11.6 Å². The van der Waals surface area contributed by atoms with Crippen molar-refractivity contribution < 1.29 is 8.81 Å². The summed E-state index contributed by atoms with van der Waals surface area (Å²) >= 11 is 5.95. The molecule has 3 rings (SSSR count). The number of rotatable bonds is 5. The summed E-state index contributed by atoms with van der Waals surface area (Å²) in [4.78, 5) is 8.21. The Hall–Kier alpha value is -2.12. The number of nitrogens with one attached hydrogen (secondary N) is 1. The van der Waals surface area contributed by atoms with Gasteiger partial charge in [-0.2, -0.15) is 9.97 Å². The zero-order valence-electron chi connectivity index (χ0n) is 11.9. The Bertz CT molecular complexity index is 800. The number of halogens is 2. The fraction of sp³-hybridized carbons (Fsp3) is 0.286. The zero-order valence-corrected chi connectivity index (χ0v) is 12.7. The van der Waals surface area contributed by atoms with Gasteiger partial charge in [0.25, 0.3) is 0 Å². The van der Waals surface area contributed by atoms with Crippen molar-refractivity contribution in [1.82, 2.24) is 14.5 Å². The van der Waals surface area contributed by atoms with Gasteiger partial charge in [-0.1, -0.05) is 0 Å². The van der Waals surface area contributed by atoms with Crippen molar-refractivity contribution in [1.29, 1.82) is 0 Å². The third-order valence-corrected chi connectivity index (χ3v) is 3.62. The van der Waals surface area contributed by atoms with Gasteiger partial charge < -0.3 is 20.0 Å². The minimum Gasteiger partial charge on any atom is -0.467 e. The van der Waals surface area contributed by atoms with Gasteiger partial charge in [0.2, 0.25) is 5.28 Å². The van der Waals surface area contributed by atoms with Crippen molar-refractivity contribution in [2.45, 2.75) is 13.0 Å². The molecule has 0 amide bonds. The second-order valence-electron chi connectivity index (χ2n) is 4.83. The lowest BCUT2D eigenvalue weighted by atomic mass is 10.2. The largest absolute Gasteiger partial charge is 0.467 e. The fourth-order valence-corrected chi connectivity index (χ4v) is 2.58. The summed E-state index contributed by atoms with van der Waals surface area (Å²) in [5.41, 5.74) is 6.46. The maximum atomic E-state index is 14.7. The quantitative estimate of drug-likeness (QED) is 0.705. The molecule has 0 fully saturated rings. The van der Waals surface area contributed by atoms with Crippen LogP contribution in [0.4, 0.5) is 10.2 Å². The Morgan fingerprint density at radius 3 is 2.95 bits per heavy atom. The van der Waals surface area contributed by atoms with E-state index < -0.39 is 0 Å². The van der Waals surface area contributed by atoms with Crippen LogP contribution in [0.3, 0.4) is 0 Å². The van der Waals surface area contributed by atoms with E-state index in [2.05, 4.69) is 15.3 Å². The maximum absolute atomic E-state index is 14.7. The van der Waals surface area contributed by atoms with Gasteiger partial charge in [0.05, 0.1) is 23.9 Å². The average Bonchev–Trinajstić information content (AvgIpc) is 3.08. The molecular weight excluding hydrogens is 309 g/mol. The zero-order chi connectivity index (χ0) is 15.7. The number of fused-ring (bicyclic) bond motifs is 1. The first-order chi connectivity index (χ1) is 10.6. The third-order valence-electron chi connectivity index (χ3n) is 3.45. The topological polar surface area (TPSA) is 81.9 Å². The number of hydrogen-bond donors (Lipinski definition) is 2. The highest BCUT2D eigenvalue weighted by molar-refractivity contribution is 6.28. The Kier molecular flexibility index (Phi) is 4.00. The minimum atomic E-state index is -0.374. The van der Waals surface area contributed by atoms with E-state index in [0.717, 1.165) is 0 Å². The van der Waals surface area contributed by atoms with E-state index in [1.54, 1.807) is 23.9 Å². The number of anilines is 1. The number of nitrogens with two attached hydrogens (primary N) is 1. The van der Waals surface area contributed by atoms with Crippen molar-refractivity contribution >= 4 is 28.5 Å². The molecule has 0 bridgehead atoms. The molecule has 116 valence electrons. The maximum Gasteiger partial charge on any atom is 0.226 e. The number of nitrogens with zero attached hydrogens (tertiary/aromatic N) is 3. The predicted octanol–water partition coefficient (Wildman–Crippen LogP) is 2.47. The molecule has 0 aliphatic heterocycles. The van der Waals surface area contributed by atoms with Gasteiger partial charge >= 0.3 is 0 Å². The number of aryl methyl sites for hydroxylation is 1. The van der Waals surface area contributed by atoms with Crippen LogP contribution in [0.5, 0.6) is 0 Å². The predicted molar refractivity (Wildman–Crippen MR) is 82.3 cm³/mol. The molecule has 8 heteroatoms. The molecule has 0 atom stereocenters. The molecule has 0 aliphatic carbocycles. The summed E-state index contributed by atoms with van der Waals surface area (Å²) < 4.78 is 21.6. The molecule has 3 N–H and O–H groups in total. The fourth-order valence-electron chi connectivity index (χ4n) is 2.41. The highest BCUT2D eigenvalue weighted by Crippen LogP contribution is 2.29. The molecular formula is C14H15ClFN5O. The SMILES string of the molecule is Cn1c(CCN)c(F)c2c(NCc3ccco3)nc(Cl)nc21. The van der Waals surface area contributed by atoms with Gasteiger partial charge in [-0.15, -0.1) is 0 Å². The van der Waals surface area contributed by atoms with Crippen LogP contribution in [-0.2, 0) is 20.0 Å². The third kappa shape index (κ3) is 2.53. The highest BCUT2D eigenvalue weighted by atomic mass is 35.5. The molecule has 0 saturated heterocycles. The van der Waals surface area contributed by atoms with E-state index >= 15 is 0 Å². The smallest absolute Gasteiger partial charge is 0.226 e. The van der Waals surface area contributed by atoms with Gasteiger partial charge in [0.1, 0.15) is 17.2 Å². The lowest BCUT2D eigenvalue weighted by Crippen LogP contribution is -2.08. The lowest BCUT2D eigenvalue weighted by molar-refractivity contribution is 0.518. The first-order valence-electron chi connectivity index (χ1n) is 6.78. The van der Waals surface area contributed by atoms with Crippen molar-refractivity contribution in [2.24, 2.45) is 12.8 Å². The Morgan fingerprint density at radius 1 is 1.45 bits per heavy atom. The van der Waals surface area contributed by atoms with Gasteiger partial charge in [-0.05, 0) is 30.3 Å². The Balaban J connectivity index is 2.06. The van der Waals surface area contributed by atoms with E-state index in [-0.39, 0.29) is 11.1 Å². The van der Waals surface area contributed by atoms with Crippen LogP contribution < -0.4 is 11.1 Å². The molecule has 6 nitrogen and oxygen atoms in total. The molecule has 0 radical (unpaired) electrons. The summed E-state index contributed by atoms with van der Waals surface area (Å²) in [7, 11) is 1.73. The van der Waals surface area contributed by atoms with Crippen molar-refractivity contribution in [2.75, 3.05) is 11.9 Å². The van der Waals surface area contributed by atoms with E-state index in [1.807, 2.05) is 6.07 Å². The highest BCUT2D eigenvalue weighted by Gasteiger charge is 2.21. The van der Waals surface area contributed by atoms with Crippen molar-refractivity contribution in [3.8, 4) is 0 Å². The van der Waals surface area contributed by atoms with Gasteiger partial charge in [-0.3, -0.25) is 0 Å². The van der Waals surface area contributed by atoms with Crippen molar-refractivity contribution in [3.05, 3.63) is 41.0 Å². The Morgan fingerprint density at radius 2 is 2.27 bits per heavy atom. The molecule has 3 heterocycles. The lowest BCUT2D eigenvalue weighted by Gasteiger charge is -2.06. The van der Waals surface area contributed by atoms with Crippen LogP contribution in [0.1, 0.15) is 11.5 Å². The molecule has 0 saturated carbocycles. The second-order valence-corrected chi connectivity index (χ2v) is 5.17. The van der Waals surface area contributed by atoms with Gasteiger partial charge in [0.15, 0.2) is 5.82 Å². The van der Waals surface area contributed by atoms with Crippen LogP contribution in [0.2, 0.25) is 5.28 Å². The summed E-state index contributed by atoms with van der Waals surface area (Å²) in [5.74, 6) is 0.672. The minimum absolute atomic E-state index is 0.0503. The monoisotopic (exact) mass is 323 g/mol. The standard InChI is InChI=1S/C14H15ClFN5O/c1-21-9(4-5-17)11(16)10-12(19-14(15)20-13(10)21)18-7-8-3-2-6-22-8/h2-3,6H,4-5,7,17H2,1H3,(H,18,19,20). The van der Waals surface area contributed by atoms with E-state index in [1.165, 1.54) is 0 Å². The molecule has 3 aromatic rings. The molecule has 3 aromatic heterocycles. The van der Waals surface area contributed by atoms with E-state index in [4.69, 9.17) is 21.8 Å². The Labute approximate surface area is 131 Å². The normalized spacial score (nSPS) is 11.3. The van der Waals surface area contributed by atoms with Crippen LogP contribution in [0, 0.1) is 5.82 Å². The summed E-state index contributed by atoms with van der Waals surface area (Å²) in [6.45, 7) is 0.716. The summed E-state index contributed by atoms with van der Waals surface area (Å²) in [5, 5.41) is 3.40. The second kappa shape index (κ2) is 5.94. The van der Waals surface area contributed by atoms with Crippen LogP contribution in [0.15, 0.2) is 22.8 Å². The van der Waals surface area contributed by atoms with Crippen LogP contribution in [0.25, 0.3) is 11.0 Å². The van der Waals surface area contributed by atoms with Gasteiger partial charge in [0, 0.05) is 13.5 Å². The number of hydrogen-bond acceptors (Lipinski definition) is 5. The number of aromatic nitrogens is 3. The van der Waals surface area contributed by atoms with Crippen molar-refractivity contribution in [3.63, 3.8) is 0 Å². The van der Waals surface area contributed by atoms with E-state index in [9.17, 15) is 4.39 Å². The van der Waals surface area contributed by atoms with E-state index in [0.29, 0.717) is 47.8 Å². The first-order valence-corrected chi connectivity index (χ1v) is 7.16. The first kappa shape index (κ1) is 14.8. The molecule has 22 heavy (non-hydrogen) atoms.